The Hall–Kier alpha value is 0.01000. The van der Waals surface area contributed by atoms with Gasteiger partial charge in [0.25, 0.3) is 0 Å². The van der Waals surface area contributed by atoms with Crippen molar-refractivity contribution in [1.29, 1.82) is 0 Å². The summed E-state index contributed by atoms with van der Waals surface area (Å²) in [7, 11) is 2.61. The van der Waals surface area contributed by atoms with Gasteiger partial charge in [0.1, 0.15) is 24.2 Å². The molecule has 2 heterocycles. The predicted octanol–water partition coefficient (Wildman–Crippen LogP) is 0.655. The summed E-state index contributed by atoms with van der Waals surface area (Å²) in [6.07, 6.45) is 3.24. The third-order valence-corrected chi connectivity index (χ3v) is 3.09. The van der Waals surface area contributed by atoms with Crippen LogP contribution in [0.1, 0.15) is 13.8 Å². The molecule has 0 saturated carbocycles. The van der Waals surface area contributed by atoms with E-state index < -0.39 is 5.79 Å². The molecule has 1 N–H and O–H groups in total. The van der Waals surface area contributed by atoms with Crippen molar-refractivity contribution in [3.63, 3.8) is 0 Å². The molecule has 2 saturated heterocycles. The van der Waals surface area contributed by atoms with E-state index in [4.69, 9.17) is 19.3 Å². The number of rotatable bonds is 2. The highest BCUT2D eigenvalue weighted by Gasteiger charge is 2.52. The molecule has 0 amide bonds. The predicted molar refractivity (Wildman–Crippen MR) is 58.4 cm³/mol. The monoisotopic (exact) mass is 232 g/mol. The van der Waals surface area contributed by atoms with Gasteiger partial charge in [-0.3, -0.25) is 0 Å². The van der Waals surface area contributed by atoms with Crippen molar-refractivity contribution in [2.45, 2.75) is 43.8 Å². The van der Waals surface area contributed by atoms with Crippen LogP contribution in [0.4, 0.5) is 0 Å². The number of aliphatic hydroxyl groups is 1. The minimum absolute atomic E-state index is 0.0169. The van der Waals surface area contributed by atoms with E-state index in [1.54, 1.807) is 6.08 Å². The summed E-state index contributed by atoms with van der Waals surface area (Å²) in [6.45, 7) is 3.81. The minimum Gasteiger partial charge on any atom is -0.392 e. The zero-order valence-electron chi connectivity index (χ0n) is 8.92. The first-order chi connectivity index (χ1) is 7.03. The number of aliphatic hydroxyl groups excluding tert-OH is 1. The second kappa shape index (κ2) is 4.11. The number of fused-ring (bicyclic) bond motifs is 1. The minimum atomic E-state index is -0.542. The molecular formula is C10H17O4P. The Kier molecular flexibility index (Phi) is 3.15. The maximum absolute atomic E-state index is 8.72. The molecule has 5 atom stereocenters. The Morgan fingerprint density at radius 1 is 1.33 bits per heavy atom. The van der Waals surface area contributed by atoms with Crippen molar-refractivity contribution in [3.05, 3.63) is 12.2 Å². The highest BCUT2D eigenvalue weighted by atomic mass is 31.0. The van der Waals surface area contributed by atoms with Gasteiger partial charge in [-0.25, -0.2) is 0 Å². The van der Waals surface area contributed by atoms with E-state index in [1.807, 2.05) is 19.9 Å². The van der Waals surface area contributed by atoms with Crippen LogP contribution in [0.2, 0.25) is 0 Å². The average molecular weight is 232 g/mol. The summed E-state index contributed by atoms with van der Waals surface area (Å²) >= 11 is 0. The third-order valence-electron chi connectivity index (χ3n) is 2.56. The summed E-state index contributed by atoms with van der Waals surface area (Å²) in [5, 5.41) is 8.72. The fraction of sp³-hybridized carbons (Fsp3) is 0.800. The van der Waals surface area contributed by atoms with Gasteiger partial charge in [-0.15, -0.1) is 9.24 Å². The molecule has 0 aromatic carbocycles. The first-order valence-electron chi connectivity index (χ1n) is 5.08. The number of hydrogen-bond donors (Lipinski definition) is 1. The maximum atomic E-state index is 8.72. The van der Waals surface area contributed by atoms with Crippen LogP contribution in [0.25, 0.3) is 0 Å². The Morgan fingerprint density at radius 2 is 2.00 bits per heavy atom. The fourth-order valence-corrected chi connectivity index (χ4v) is 2.49. The third kappa shape index (κ3) is 2.24. The molecule has 86 valence electrons. The van der Waals surface area contributed by atoms with Gasteiger partial charge in [0, 0.05) is 0 Å². The molecule has 0 bridgehead atoms. The largest absolute Gasteiger partial charge is 0.392 e. The Labute approximate surface area is 91.8 Å². The SMILES string of the molecule is CC1(C)OC2[C@@H](O1)[C@@H](P)O[C@@H]2/C=C\CO. The van der Waals surface area contributed by atoms with Gasteiger partial charge in [-0.2, -0.15) is 0 Å². The van der Waals surface area contributed by atoms with Gasteiger partial charge in [0.2, 0.25) is 0 Å². The van der Waals surface area contributed by atoms with Crippen molar-refractivity contribution >= 4 is 9.24 Å². The van der Waals surface area contributed by atoms with Crippen LogP contribution in [-0.4, -0.2) is 41.7 Å². The van der Waals surface area contributed by atoms with Crippen molar-refractivity contribution in [1.82, 2.24) is 0 Å². The van der Waals surface area contributed by atoms with E-state index in [-0.39, 0.29) is 30.8 Å². The van der Waals surface area contributed by atoms with Crippen LogP contribution in [0.5, 0.6) is 0 Å². The van der Waals surface area contributed by atoms with Gasteiger partial charge in [0.05, 0.1) is 6.61 Å². The van der Waals surface area contributed by atoms with Gasteiger partial charge < -0.3 is 19.3 Å². The summed E-state index contributed by atoms with van der Waals surface area (Å²) in [5.41, 5.74) is 0. The molecule has 4 nitrogen and oxygen atoms in total. The quantitative estimate of drug-likeness (QED) is 0.561. The maximum Gasteiger partial charge on any atom is 0.164 e. The number of hydrogen-bond acceptors (Lipinski definition) is 4. The molecule has 0 spiro atoms. The fourth-order valence-electron chi connectivity index (χ4n) is 2.01. The summed E-state index contributed by atoms with van der Waals surface area (Å²) in [4.78, 5) is 0. The molecular weight excluding hydrogens is 215 g/mol. The highest BCUT2D eigenvalue weighted by molar-refractivity contribution is 7.17. The van der Waals surface area contributed by atoms with E-state index in [2.05, 4.69) is 9.24 Å². The normalized spacial score (nSPS) is 43.7. The van der Waals surface area contributed by atoms with Crippen molar-refractivity contribution in [2.24, 2.45) is 0 Å². The van der Waals surface area contributed by atoms with Crippen LogP contribution in [0.15, 0.2) is 12.2 Å². The van der Waals surface area contributed by atoms with Crippen LogP contribution in [0.3, 0.4) is 0 Å². The van der Waals surface area contributed by atoms with Gasteiger partial charge in [-0.1, -0.05) is 12.2 Å². The molecule has 2 unspecified atom stereocenters. The first-order valence-corrected chi connectivity index (χ1v) is 5.74. The average Bonchev–Trinajstić information content (AvgIpc) is 2.60. The van der Waals surface area contributed by atoms with E-state index in [1.165, 1.54) is 0 Å². The summed E-state index contributed by atoms with van der Waals surface area (Å²) in [6, 6.07) is 0. The Bertz CT molecular complexity index is 266. The van der Waals surface area contributed by atoms with Crippen LogP contribution in [-0.2, 0) is 14.2 Å². The van der Waals surface area contributed by atoms with Crippen LogP contribution in [0, 0.1) is 0 Å². The number of ether oxygens (including phenoxy) is 3. The highest BCUT2D eigenvalue weighted by Crippen LogP contribution is 2.40. The molecule has 0 aromatic rings. The molecule has 2 aliphatic rings. The molecule has 0 radical (unpaired) electrons. The molecule has 15 heavy (non-hydrogen) atoms. The molecule has 2 aliphatic heterocycles. The van der Waals surface area contributed by atoms with Gasteiger partial charge >= 0.3 is 0 Å². The molecule has 2 fully saturated rings. The van der Waals surface area contributed by atoms with E-state index >= 15 is 0 Å². The summed E-state index contributed by atoms with van der Waals surface area (Å²) < 4.78 is 17.1. The topological polar surface area (TPSA) is 47.9 Å². The molecule has 0 aromatic heterocycles. The summed E-state index contributed by atoms with van der Waals surface area (Å²) in [5.74, 6) is -0.593. The second-order valence-corrected chi connectivity index (χ2v) is 4.90. The lowest BCUT2D eigenvalue weighted by Crippen LogP contribution is -2.28. The van der Waals surface area contributed by atoms with E-state index in [9.17, 15) is 0 Å². The Morgan fingerprint density at radius 3 is 2.67 bits per heavy atom. The Balaban J connectivity index is 2.09. The lowest BCUT2D eigenvalue weighted by molar-refractivity contribution is -0.174. The van der Waals surface area contributed by atoms with Crippen molar-refractivity contribution in [2.75, 3.05) is 6.61 Å². The van der Waals surface area contributed by atoms with Crippen LogP contribution >= 0.6 is 9.24 Å². The zero-order chi connectivity index (χ0) is 11.1. The van der Waals surface area contributed by atoms with E-state index in [0.717, 1.165) is 0 Å². The molecule has 0 aliphatic carbocycles. The van der Waals surface area contributed by atoms with Crippen molar-refractivity contribution < 1.29 is 19.3 Å². The molecule has 5 heteroatoms. The first kappa shape index (κ1) is 11.5. The van der Waals surface area contributed by atoms with Crippen molar-refractivity contribution in [3.8, 4) is 0 Å². The second-order valence-electron chi connectivity index (χ2n) is 4.24. The molecule has 2 rings (SSSR count). The lowest BCUT2D eigenvalue weighted by atomic mass is 10.1. The van der Waals surface area contributed by atoms with Gasteiger partial charge in [0.15, 0.2) is 5.79 Å². The van der Waals surface area contributed by atoms with Gasteiger partial charge in [-0.05, 0) is 13.8 Å². The van der Waals surface area contributed by atoms with E-state index in [0.29, 0.717) is 0 Å². The smallest absolute Gasteiger partial charge is 0.164 e. The van der Waals surface area contributed by atoms with Crippen LogP contribution < -0.4 is 0 Å². The standard InChI is InChI=1S/C10H17O4P/c1-10(2)13-7-6(4-3-5-11)12-9(15)8(7)14-10/h3-4,6-9,11H,5,15H2,1-2H3/b4-3-/t6-,7?,8-,9-/m1/s1. The zero-order valence-corrected chi connectivity index (χ0v) is 10.1. The lowest BCUT2D eigenvalue weighted by Gasteiger charge is -2.21.